The highest BCUT2D eigenvalue weighted by atomic mass is 16.6. The largest absolute Gasteiger partial charge is 0.462 e. The summed E-state index contributed by atoms with van der Waals surface area (Å²) in [7, 11) is 0. The van der Waals surface area contributed by atoms with E-state index in [0.29, 0.717) is 19.3 Å². The van der Waals surface area contributed by atoms with Crippen molar-refractivity contribution in [2.75, 3.05) is 13.2 Å². The van der Waals surface area contributed by atoms with Crippen molar-refractivity contribution in [3.63, 3.8) is 0 Å². The van der Waals surface area contributed by atoms with Gasteiger partial charge in [0.05, 0.1) is 0 Å². The third kappa shape index (κ3) is 47.5. The minimum atomic E-state index is -0.760. The second kappa shape index (κ2) is 48.4. The third-order valence-corrected chi connectivity index (χ3v) is 12.3. The molecule has 1 atom stereocenters. The number of hydrogen-bond donors (Lipinski definition) is 0. The second-order valence-corrected chi connectivity index (χ2v) is 19.0. The van der Waals surface area contributed by atoms with Crippen LogP contribution in [0, 0.1) is 5.92 Å². The van der Waals surface area contributed by atoms with Gasteiger partial charge >= 0.3 is 17.9 Å². The molecule has 0 fully saturated rings. The molecule has 6 nitrogen and oxygen atoms in total. The summed E-state index contributed by atoms with van der Waals surface area (Å²) >= 11 is 0. The van der Waals surface area contributed by atoms with E-state index in [0.717, 1.165) is 63.7 Å². The molecule has 0 N–H and O–H groups in total. The summed E-state index contributed by atoms with van der Waals surface area (Å²) in [5.41, 5.74) is 0. The van der Waals surface area contributed by atoms with E-state index in [9.17, 15) is 14.4 Å². The van der Waals surface area contributed by atoms with Crippen LogP contribution in [0.15, 0.2) is 0 Å². The van der Waals surface area contributed by atoms with Crippen LogP contribution in [-0.2, 0) is 28.6 Å². The molecule has 60 heavy (non-hydrogen) atoms. The lowest BCUT2D eigenvalue weighted by Gasteiger charge is -2.18. The van der Waals surface area contributed by atoms with Gasteiger partial charge in [-0.2, -0.15) is 0 Å². The molecule has 0 saturated heterocycles. The van der Waals surface area contributed by atoms with Gasteiger partial charge in [0, 0.05) is 19.3 Å². The number of esters is 3. The van der Waals surface area contributed by atoms with Crippen molar-refractivity contribution >= 4 is 17.9 Å². The van der Waals surface area contributed by atoms with Gasteiger partial charge in [0.25, 0.3) is 0 Å². The summed E-state index contributed by atoms with van der Waals surface area (Å²) in [6.07, 6.45) is 50.8. The Morgan fingerprint density at radius 2 is 0.550 bits per heavy atom. The van der Waals surface area contributed by atoms with Crippen LogP contribution in [0.25, 0.3) is 0 Å². The van der Waals surface area contributed by atoms with Crippen molar-refractivity contribution in [1.29, 1.82) is 0 Å². The minimum Gasteiger partial charge on any atom is -0.462 e. The molecule has 0 aliphatic carbocycles. The molecule has 0 rings (SSSR count). The summed E-state index contributed by atoms with van der Waals surface area (Å²) in [6, 6.07) is 0. The number of rotatable bonds is 49. The number of hydrogen-bond acceptors (Lipinski definition) is 6. The maximum Gasteiger partial charge on any atom is 0.306 e. The summed E-state index contributed by atoms with van der Waals surface area (Å²) in [5, 5.41) is 0. The number of carbonyl (C=O) groups is 3. The lowest BCUT2D eigenvalue weighted by atomic mass is 10.0. The minimum absolute atomic E-state index is 0.0623. The monoisotopic (exact) mass is 849 g/mol. The first kappa shape index (κ1) is 58.4. The van der Waals surface area contributed by atoms with E-state index in [2.05, 4.69) is 27.7 Å². The molecule has 0 radical (unpaired) electrons. The van der Waals surface area contributed by atoms with Gasteiger partial charge in [-0.05, 0) is 25.2 Å². The molecule has 0 saturated carbocycles. The molecule has 0 unspecified atom stereocenters. The average Bonchev–Trinajstić information content (AvgIpc) is 3.23. The fraction of sp³-hybridized carbons (Fsp3) is 0.944. The number of ether oxygens (including phenoxy) is 3. The summed E-state index contributed by atoms with van der Waals surface area (Å²) in [4.78, 5) is 38.0. The Hall–Kier alpha value is -1.59. The quantitative estimate of drug-likeness (QED) is 0.0345. The van der Waals surface area contributed by atoms with Crippen LogP contribution >= 0.6 is 0 Å². The third-order valence-electron chi connectivity index (χ3n) is 12.3. The molecular formula is C54H104O6. The van der Waals surface area contributed by atoms with E-state index in [1.54, 1.807) is 0 Å². The van der Waals surface area contributed by atoms with Crippen molar-refractivity contribution in [2.24, 2.45) is 5.92 Å². The Bertz CT molecular complexity index is 903. The van der Waals surface area contributed by atoms with E-state index in [-0.39, 0.29) is 31.1 Å². The zero-order valence-electron chi connectivity index (χ0n) is 40.9. The molecule has 6 heteroatoms. The van der Waals surface area contributed by atoms with Gasteiger partial charge < -0.3 is 14.2 Å². The standard InChI is InChI=1S/C54H104O6/c1-5-7-9-11-13-15-17-18-22-26-30-34-38-42-46-53(56)59-49-51(48-58-52(55)45-41-37-33-29-24-16-14-12-10-8-6-2)60-54(57)47-43-39-35-31-27-23-20-19-21-25-28-32-36-40-44-50(3)4/h50-51H,5-49H2,1-4H3/t51-/m1/s1. The van der Waals surface area contributed by atoms with E-state index >= 15 is 0 Å². The predicted molar refractivity (Wildman–Crippen MR) is 257 cm³/mol. The Kier molecular flexibility index (Phi) is 47.2. The topological polar surface area (TPSA) is 78.9 Å². The van der Waals surface area contributed by atoms with Crippen LogP contribution in [0.1, 0.15) is 304 Å². The molecular weight excluding hydrogens is 745 g/mol. The highest BCUT2D eigenvalue weighted by molar-refractivity contribution is 5.71. The van der Waals surface area contributed by atoms with Gasteiger partial charge in [-0.25, -0.2) is 0 Å². The van der Waals surface area contributed by atoms with E-state index in [4.69, 9.17) is 14.2 Å². The molecule has 0 aromatic carbocycles. The fourth-order valence-electron chi connectivity index (χ4n) is 8.22. The SMILES string of the molecule is CCCCCCCCCCCCCCCCC(=O)OC[C@@H](COC(=O)CCCCCCCCCCCCC)OC(=O)CCCCCCCCCCCCCCCCC(C)C. The van der Waals surface area contributed by atoms with Gasteiger partial charge in [0.1, 0.15) is 13.2 Å². The number of unbranched alkanes of at least 4 members (excludes halogenated alkanes) is 36. The van der Waals surface area contributed by atoms with Crippen LogP contribution in [0.5, 0.6) is 0 Å². The van der Waals surface area contributed by atoms with Gasteiger partial charge in [0.15, 0.2) is 6.10 Å². The lowest BCUT2D eigenvalue weighted by molar-refractivity contribution is -0.167. The fourth-order valence-corrected chi connectivity index (χ4v) is 8.22. The molecule has 0 aromatic rings. The first-order chi connectivity index (χ1) is 29.4. The molecule has 0 amide bonds. The van der Waals surface area contributed by atoms with E-state index < -0.39 is 6.10 Å². The maximum atomic E-state index is 12.8. The van der Waals surface area contributed by atoms with Crippen LogP contribution in [0.2, 0.25) is 0 Å². The molecule has 0 spiro atoms. The van der Waals surface area contributed by atoms with Crippen LogP contribution < -0.4 is 0 Å². The molecule has 0 aliphatic heterocycles. The van der Waals surface area contributed by atoms with Crippen LogP contribution in [-0.4, -0.2) is 37.2 Å². The van der Waals surface area contributed by atoms with E-state index in [1.165, 1.54) is 199 Å². The first-order valence-electron chi connectivity index (χ1n) is 26.9. The molecule has 0 aromatic heterocycles. The highest BCUT2D eigenvalue weighted by Gasteiger charge is 2.19. The lowest BCUT2D eigenvalue weighted by Crippen LogP contribution is -2.30. The Labute approximate surface area is 374 Å². The first-order valence-corrected chi connectivity index (χ1v) is 26.9. The van der Waals surface area contributed by atoms with Crippen molar-refractivity contribution in [3.8, 4) is 0 Å². The van der Waals surface area contributed by atoms with Gasteiger partial charge in [-0.1, -0.05) is 265 Å². The Morgan fingerprint density at radius 3 is 0.817 bits per heavy atom. The van der Waals surface area contributed by atoms with Gasteiger partial charge in [-0.15, -0.1) is 0 Å². The molecule has 356 valence electrons. The van der Waals surface area contributed by atoms with Crippen molar-refractivity contribution < 1.29 is 28.6 Å². The van der Waals surface area contributed by atoms with Crippen molar-refractivity contribution in [2.45, 2.75) is 310 Å². The molecule has 0 heterocycles. The van der Waals surface area contributed by atoms with Crippen molar-refractivity contribution in [1.82, 2.24) is 0 Å². The zero-order valence-corrected chi connectivity index (χ0v) is 40.9. The highest BCUT2D eigenvalue weighted by Crippen LogP contribution is 2.17. The van der Waals surface area contributed by atoms with Crippen molar-refractivity contribution in [3.05, 3.63) is 0 Å². The zero-order chi connectivity index (χ0) is 43.8. The number of carbonyl (C=O) groups excluding carboxylic acids is 3. The van der Waals surface area contributed by atoms with Crippen LogP contribution in [0.4, 0.5) is 0 Å². The predicted octanol–water partition coefficient (Wildman–Crippen LogP) is 17.5. The average molecular weight is 849 g/mol. The summed E-state index contributed by atoms with van der Waals surface area (Å²) in [5.74, 6) is 0.00216. The Balaban J connectivity index is 4.28. The normalized spacial score (nSPS) is 11.9. The maximum absolute atomic E-state index is 12.8. The van der Waals surface area contributed by atoms with Gasteiger partial charge in [0.2, 0.25) is 0 Å². The molecule has 0 bridgehead atoms. The van der Waals surface area contributed by atoms with E-state index in [1.807, 2.05) is 0 Å². The smallest absolute Gasteiger partial charge is 0.306 e. The summed E-state index contributed by atoms with van der Waals surface area (Å²) < 4.78 is 16.8. The summed E-state index contributed by atoms with van der Waals surface area (Å²) in [6.45, 7) is 9.04. The second-order valence-electron chi connectivity index (χ2n) is 19.0. The van der Waals surface area contributed by atoms with Gasteiger partial charge in [-0.3, -0.25) is 14.4 Å². The van der Waals surface area contributed by atoms with Crippen LogP contribution in [0.3, 0.4) is 0 Å². The Morgan fingerprint density at radius 1 is 0.317 bits per heavy atom. The molecule has 0 aliphatic rings.